The van der Waals surface area contributed by atoms with E-state index in [0.717, 1.165) is 19.4 Å². The molecule has 2 rings (SSSR count). The number of benzene rings is 1. The minimum atomic E-state index is -0.235. The molecule has 2 nitrogen and oxygen atoms in total. The predicted molar refractivity (Wildman–Crippen MR) is 63.5 cm³/mol. The van der Waals surface area contributed by atoms with E-state index in [1.165, 1.54) is 6.07 Å². The second-order valence-corrected chi connectivity index (χ2v) is 4.39. The van der Waals surface area contributed by atoms with E-state index in [2.05, 4.69) is 15.9 Å². The van der Waals surface area contributed by atoms with Crippen molar-refractivity contribution in [3.8, 4) is 5.75 Å². The summed E-state index contributed by atoms with van der Waals surface area (Å²) in [6, 6.07) is 4.94. The Morgan fingerprint density at radius 3 is 3.00 bits per heavy atom. The van der Waals surface area contributed by atoms with Gasteiger partial charge in [0.25, 0.3) is 0 Å². The van der Waals surface area contributed by atoms with Crippen molar-refractivity contribution in [3.05, 3.63) is 29.6 Å². The maximum absolute atomic E-state index is 13.4. The van der Waals surface area contributed by atoms with Gasteiger partial charge < -0.3 is 9.47 Å². The molecular weight excluding hydrogens is 275 g/mol. The predicted octanol–water partition coefficient (Wildman–Crippen LogP) is 3.28. The van der Waals surface area contributed by atoms with Gasteiger partial charge in [0.1, 0.15) is 18.2 Å². The average Bonchev–Trinajstić information content (AvgIpc) is 2.79. The van der Waals surface area contributed by atoms with Crippen LogP contribution in [0.4, 0.5) is 4.39 Å². The molecule has 1 aromatic carbocycles. The van der Waals surface area contributed by atoms with E-state index >= 15 is 0 Å². The molecule has 0 spiro atoms. The Hall–Kier alpha value is -0.610. The first kappa shape index (κ1) is 11.9. The van der Waals surface area contributed by atoms with Gasteiger partial charge in [-0.2, -0.15) is 0 Å². The normalized spacial score (nSPS) is 20.0. The molecule has 0 N–H and O–H groups in total. The molecule has 0 saturated carbocycles. The van der Waals surface area contributed by atoms with Crippen molar-refractivity contribution in [2.24, 2.45) is 0 Å². The Balaban J connectivity index is 1.91. The van der Waals surface area contributed by atoms with Gasteiger partial charge in [-0.1, -0.05) is 22.0 Å². The van der Waals surface area contributed by atoms with Gasteiger partial charge in [-0.05, 0) is 24.5 Å². The topological polar surface area (TPSA) is 18.5 Å². The first-order chi connectivity index (χ1) is 7.79. The van der Waals surface area contributed by atoms with Gasteiger partial charge >= 0.3 is 0 Å². The Morgan fingerprint density at radius 2 is 2.38 bits per heavy atom. The van der Waals surface area contributed by atoms with Crippen LogP contribution in [0.2, 0.25) is 0 Å². The molecule has 16 heavy (non-hydrogen) atoms. The van der Waals surface area contributed by atoms with E-state index in [0.29, 0.717) is 23.2 Å². The highest BCUT2D eigenvalue weighted by Gasteiger charge is 2.16. The largest absolute Gasteiger partial charge is 0.491 e. The summed E-state index contributed by atoms with van der Waals surface area (Å²) in [7, 11) is 0. The van der Waals surface area contributed by atoms with Crippen molar-refractivity contribution in [2.45, 2.75) is 24.3 Å². The summed E-state index contributed by atoms with van der Waals surface area (Å²) < 4.78 is 24.3. The van der Waals surface area contributed by atoms with Crippen molar-refractivity contribution in [1.29, 1.82) is 0 Å². The van der Waals surface area contributed by atoms with Crippen LogP contribution in [0.3, 0.4) is 0 Å². The Morgan fingerprint density at radius 1 is 1.50 bits per heavy atom. The Bertz CT molecular complexity index is 351. The lowest BCUT2D eigenvalue weighted by Crippen LogP contribution is -2.16. The maximum Gasteiger partial charge on any atom is 0.130 e. The third-order valence-corrected chi connectivity index (χ3v) is 3.23. The van der Waals surface area contributed by atoms with Crippen molar-refractivity contribution >= 4 is 15.9 Å². The number of halogens is 2. The van der Waals surface area contributed by atoms with Gasteiger partial charge in [0.15, 0.2) is 0 Å². The van der Waals surface area contributed by atoms with Gasteiger partial charge in [0, 0.05) is 18.0 Å². The lowest BCUT2D eigenvalue weighted by Gasteiger charge is -2.11. The van der Waals surface area contributed by atoms with Crippen LogP contribution in [-0.2, 0) is 10.1 Å². The fourth-order valence-electron chi connectivity index (χ4n) is 1.69. The van der Waals surface area contributed by atoms with Crippen molar-refractivity contribution < 1.29 is 13.9 Å². The summed E-state index contributed by atoms with van der Waals surface area (Å²) in [6.45, 7) is 1.32. The molecule has 0 unspecified atom stereocenters. The molecule has 0 radical (unpaired) electrons. The summed E-state index contributed by atoms with van der Waals surface area (Å²) in [4.78, 5) is 0. The van der Waals surface area contributed by atoms with Crippen molar-refractivity contribution in [3.63, 3.8) is 0 Å². The maximum atomic E-state index is 13.4. The van der Waals surface area contributed by atoms with Crippen LogP contribution in [0.1, 0.15) is 18.4 Å². The zero-order chi connectivity index (χ0) is 11.4. The molecule has 0 aliphatic carbocycles. The van der Waals surface area contributed by atoms with E-state index in [-0.39, 0.29) is 11.9 Å². The van der Waals surface area contributed by atoms with Gasteiger partial charge in [0.2, 0.25) is 0 Å². The lowest BCUT2D eigenvalue weighted by atomic mass is 10.2. The summed E-state index contributed by atoms with van der Waals surface area (Å²) in [5, 5.41) is 0.519. The fourth-order valence-corrected chi connectivity index (χ4v) is 2.15. The van der Waals surface area contributed by atoms with E-state index in [1.54, 1.807) is 12.1 Å². The minimum absolute atomic E-state index is 0.166. The van der Waals surface area contributed by atoms with Gasteiger partial charge in [0.05, 0.1) is 6.10 Å². The summed E-state index contributed by atoms with van der Waals surface area (Å²) in [5.74, 6) is 0.333. The highest BCUT2D eigenvalue weighted by atomic mass is 79.9. The molecule has 1 aromatic rings. The molecule has 1 aliphatic rings. The van der Waals surface area contributed by atoms with Gasteiger partial charge in [-0.15, -0.1) is 0 Å². The molecule has 88 valence electrons. The summed E-state index contributed by atoms with van der Waals surface area (Å²) in [5.41, 5.74) is 0.643. The van der Waals surface area contributed by atoms with Crippen LogP contribution < -0.4 is 4.74 Å². The number of hydrogen-bond donors (Lipinski definition) is 0. The van der Waals surface area contributed by atoms with Crippen molar-refractivity contribution in [1.82, 2.24) is 0 Å². The Kier molecular flexibility index (Phi) is 4.18. The number of hydrogen-bond acceptors (Lipinski definition) is 2. The molecule has 1 atom stereocenters. The Labute approximate surface area is 103 Å². The van der Waals surface area contributed by atoms with E-state index in [9.17, 15) is 4.39 Å². The fraction of sp³-hybridized carbons (Fsp3) is 0.500. The zero-order valence-electron chi connectivity index (χ0n) is 8.92. The molecule has 1 heterocycles. The minimum Gasteiger partial charge on any atom is -0.491 e. The van der Waals surface area contributed by atoms with Crippen LogP contribution >= 0.6 is 15.9 Å². The third kappa shape index (κ3) is 2.95. The number of rotatable bonds is 4. The highest BCUT2D eigenvalue weighted by molar-refractivity contribution is 9.08. The standard InChI is InChI=1S/C12H14BrFO2/c13-7-9-3-4-10(6-12(9)14)16-8-11-2-1-5-15-11/h3-4,6,11H,1-2,5,7-8H2/t11-/m1/s1. The number of ether oxygens (including phenoxy) is 2. The first-order valence-corrected chi connectivity index (χ1v) is 6.50. The average molecular weight is 289 g/mol. The second kappa shape index (κ2) is 5.64. The van der Waals surface area contributed by atoms with Gasteiger partial charge in [-0.3, -0.25) is 0 Å². The summed E-state index contributed by atoms with van der Waals surface area (Å²) in [6.07, 6.45) is 2.28. The van der Waals surface area contributed by atoms with Crippen LogP contribution in [0, 0.1) is 5.82 Å². The molecular formula is C12H14BrFO2. The van der Waals surface area contributed by atoms with E-state index < -0.39 is 0 Å². The van der Waals surface area contributed by atoms with Gasteiger partial charge in [-0.25, -0.2) is 4.39 Å². The van der Waals surface area contributed by atoms with E-state index in [1.807, 2.05) is 0 Å². The van der Waals surface area contributed by atoms with Crippen LogP contribution in [0.15, 0.2) is 18.2 Å². The van der Waals surface area contributed by atoms with Crippen LogP contribution in [0.5, 0.6) is 5.75 Å². The monoisotopic (exact) mass is 288 g/mol. The van der Waals surface area contributed by atoms with Crippen LogP contribution in [0.25, 0.3) is 0 Å². The van der Waals surface area contributed by atoms with E-state index in [4.69, 9.17) is 9.47 Å². The molecule has 1 aliphatic heterocycles. The summed E-state index contributed by atoms with van der Waals surface area (Å²) >= 11 is 3.22. The SMILES string of the molecule is Fc1cc(OC[C@H]2CCCO2)ccc1CBr. The molecule has 0 amide bonds. The quantitative estimate of drug-likeness (QED) is 0.792. The molecule has 0 bridgehead atoms. The smallest absolute Gasteiger partial charge is 0.130 e. The molecule has 0 aromatic heterocycles. The molecule has 4 heteroatoms. The number of alkyl halides is 1. The lowest BCUT2D eigenvalue weighted by molar-refractivity contribution is 0.0678. The zero-order valence-corrected chi connectivity index (χ0v) is 10.5. The third-order valence-electron chi connectivity index (χ3n) is 2.63. The molecule has 1 saturated heterocycles. The first-order valence-electron chi connectivity index (χ1n) is 5.38. The highest BCUT2D eigenvalue weighted by Crippen LogP contribution is 2.20. The van der Waals surface area contributed by atoms with Crippen molar-refractivity contribution in [2.75, 3.05) is 13.2 Å². The second-order valence-electron chi connectivity index (χ2n) is 3.83. The molecule has 1 fully saturated rings. The van der Waals surface area contributed by atoms with Crippen LogP contribution in [-0.4, -0.2) is 19.3 Å².